The molecule has 8 heteroatoms. The highest BCUT2D eigenvalue weighted by molar-refractivity contribution is 7.91. The maximum atomic E-state index is 12.9. The van der Waals surface area contributed by atoms with Crippen molar-refractivity contribution in [1.82, 2.24) is 14.4 Å². The number of carbonyl (C=O) groups is 1. The van der Waals surface area contributed by atoms with Crippen molar-refractivity contribution < 1.29 is 13.2 Å². The average molecular weight is 440 g/mol. The summed E-state index contributed by atoms with van der Waals surface area (Å²) in [4.78, 5) is 21.1. The van der Waals surface area contributed by atoms with Gasteiger partial charge >= 0.3 is 0 Å². The molecule has 0 aliphatic rings. The summed E-state index contributed by atoms with van der Waals surface area (Å²) in [6.07, 6.45) is 7.38. The normalized spacial score (nSPS) is 11.7. The van der Waals surface area contributed by atoms with Gasteiger partial charge in [0.2, 0.25) is 15.6 Å². The Morgan fingerprint density at radius 1 is 1.10 bits per heavy atom. The van der Waals surface area contributed by atoms with Crippen LogP contribution >= 0.6 is 11.6 Å². The van der Waals surface area contributed by atoms with Crippen LogP contribution in [0.1, 0.15) is 27.9 Å². The molecule has 0 saturated heterocycles. The van der Waals surface area contributed by atoms with E-state index in [0.29, 0.717) is 34.8 Å². The lowest BCUT2D eigenvalue weighted by molar-refractivity contribution is 0.0982. The van der Waals surface area contributed by atoms with Gasteiger partial charge in [-0.15, -0.1) is 0 Å². The fourth-order valence-electron chi connectivity index (χ4n) is 3.20. The smallest absolute Gasteiger partial charge is 0.233 e. The van der Waals surface area contributed by atoms with Crippen LogP contribution in [0.2, 0.25) is 5.02 Å². The van der Waals surface area contributed by atoms with Crippen LogP contribution in [-0.4, -0.2) is 28.6 Å². The molecule has 0 spiro atoms. The second-order valence-electron chi connectivity index (χ2n) is 6.91. The summed E-state index contributed by atoms with van der Waals surface area (Å²) < 4.78 is 27.6. The molecule has 0 aliphatic carbocycles. The van der Waals surface area contributed by atoms with Gasteiger partial charge in [-0.05, 0) is 48.7 Å². The molecular formula is C22H18ClN3O3S. The molecule has 0 bridgehead atoms. The molecule has 0 N–H and O–H groups in total. The maximum Gasteiger partial charge on any atom is 0.233 e. The third-order valence-electron chi connectivity index (χ3n) is 4.95. The predicted molar refractivity (Wildman–Crippen MR) is 114 cm³/mol. The summed E-state index contributed by atoms with van der Waals surface area (Å²) in [6, 6.07) is 11.4. The van der Waals surface area contributed by atoms with Crippen LogP contribution < -0.4 is 0 Å². The zero-order chi connectivity index (χ0) is 21.3. The number of aryl methyl sites for hydroxylation is 1. The summed E-state index contributed by atoms with van der Waals surface area (Å²) in [7, 11) is -3.67. The molecule has 0 aliphatic heterocycles. The molecule has 2 heterocycles. The minimum absolute atomic E-state index is 0.0376. The minimum atomic E-state index is -3.67. The number of rotatable bonds is 6. The Labute approximate surface area is 179 Å². The van der Waals surface area contributed by atoms with E-state index in [9.17, 15) is 13.2 Å². The molecule has 152 valence electrons. The molecule has 2 aromatic carbocycles. The fraction of sp³-hybridized carbons (Fsp3) is 0.136. The number of halogens is 1. The highest BCUT2D eigenvalue weighted by Gasteiger charge is 2.21. The number of imidazole rings is 1. The largest absolute Gasteiger partial charge is 0.294 e. The molecule has 6 nitrogen and oxygen atoms in total. The third kappa shape index (κ3) is 3.86. The van der Waals surface area contributed by atoms with Crippen molar-refractivity contribution in [2.24, 2.45) is 0 Å². The quantitative estimate of drug-likeness (QED) is 0.417. The van der Waals surface area contributed by atoms with Gasteiger partial charge in [0, 0.05) is 36.2 Å². The molecule has 4 rings (SSSR count). The van der Waals surface area contributed by atoms with E-state index in [2.05, 4.69) is 9.97 Å². The number of nitrogens with zero attached hydrogens (tertiary/aromatic N) is 3. The second-order valence-corrected chi connectivity index (χ2v) is 9.24. The first-order valence-electron chi connectivity index (χ1n) is 9.27. The number of ketones is 1. The number of fused-ring (bicyclic) bond motifs is 1. The van der Waals surface area contributed by atoms with Crippen LogP contribution in [0.3, 0.4) is 0 Å². The van der Waals surface area contributed by atoms with Gasteiger partial charge in [-0.3, -0.25) is 9.20 Å². The Kier molecular flexibility index (Phi) is 5.40. The van der Waals surface area contributed by atoms with E-state index < -0.39 is 9.84 Å². The van der Waals surface area contributed by atoms with Crippen LogP contribution in [-0.2, 0) is 16.3 Å². The summed E-state index contributed by atoms with van der Waals surface area (Å²) in [5.74, 6) is 0.502. The fourth-order valence-corrected chi connectivity index (χ4v) is 4.95. The Bertz CT molecular complexity index is 1350. The van der Waals surface area contributed by atoms with Crippen LogP contribution in [0.5, 0.6) is 0 Å². The van der Waals surface area contributed by atoms with E-state index in [1.54, 1.807) is 72.4 Å². The predicted octanol–water partition coefficient (Wildman–Crippen LogP) is 4.34. The van der Waals surface area contributed by atoms with Crippen molar-refractivity contribution in [3.8, 4) is 0 Å². The van der Waals surface area contributed by atoms with E-state index in [1.807, 2.05) is 0 Å². The highest BCUT2D eigenvalue weighted by atomic mass is 35.5. The molecule has 0 atom stereocenters. The molecule has 0 radical (unpaired) electrons. The number of benzene rings is 2. The van der Waals surface area contributed by atoms with Crippen LogP contribution in [0, 0.1) is 6.92 Å². The summed E-state index contributed by atoms with van der Waals surface area (Å²) >= 11 is 6.07. The Morgan fingerprint density at radius 3 is 2.63 bits per heavy atom. The monoisotopic (exact) mass is 439 g/mol. The highest BCUT2D eigenvalue weighted by Crippen LogP contribution is 2.28. The first-order valence-corrected chi connectivity index (χ1v) is 11.1. The number of hydrogen-bond acceptors (Lipinski definition) is 5. The first-order chi connectivity index (χ1) is 14.4. The Hall–Kier alpha value is -3.03. The Morgan fingerprint density at radius 2 is 1.87 bits per heavy atom. The van der Waals surface area contributed by atoms with Crippen LogP contribution in [0.4, 0.5) is 0 Å². The lowest BCUT2D eigenvalue weighted by Gasteiger charge is -2.10. The van der Waals surface area contributed by atoms with Gasteiger partial charge in [0.25, 0.3) is 0 Å². The molecule has 0 unspecified atom stereocenters. The van der Waals surface area contributed by atoms with Crippen LogP contribution in [0.25, 0.3) is 5.78 Å². The average Bonchev–Trinajstić information content (AvgIpc) is 3.22. The van der Waals surface area contributed by atoms with E-state index in [4.69, 9.17) is 11.6 Å². The minimum Gasteiger partial charge on any atom is -0.294 e. The molecular weight excluding hydrogens is 422 g/mol. The SMILES string of the molecule is Cc1c(Cl)cccc1S(=O)(=O)c1ccc(CCC(=O)c2cnc3nccn3c2)cc1. The van der Waals surface area contributed by atoms with Crippen molar-refractivity contribution in [1.29, 1.82) is 0 Å². The molecule has 2 aromatic heterocycles. The van der Waals surface area contributed by atoms with Gasteiger partial charge in [0.1, 0.15) is 0 Å². The van der Waals surface area contributed by atoms with Crippen molar-refractivity contribution in [3.05, 3.63) is 89.0 Å². The summed E-state index contributed by atoms with van der Waals surface area (Å²) in [6.45, 7) is 1.69. The molecule has 0 fully saturated rings. The summed E-state index contributed by atoms with van der Waals surface area (Å²) in [5.41, 5.74) is 1.91. The van der Waals surface area contributed by atoms with Gasteiger partial charge in [0.15, 0.2) is 5.78 Å². The van der Waals surface area contributed by atoms with Crippen molar-refractivity contribution in [3.63, 3.8) is 0 Å². The topological polar surface area (TPSA) is 81.4 Å². The number of carbonyl (C=O) groups excluding carboxylic acids is 1. The third-order valence-corrected chi connectivity index (χ3v) is 7.27. The lowest BCUT2D eigenvalue weighted by Crippen LogP contribution is -2.06. The second kappa shape index (κ2) is 8.01. The van der Waals surface area contributed by atoms with Crippen molar-refractivity contribution in [2.75, 3.05) is 0 Å². The standard InChI is InChI=1S/C22H18ClN3O3S/c1-15-19(23)3-2-4-21(15)30(28,29)18-8-5-16(6-9-18)7-10-20(27)17-13-25-22-24-11-12-26(22)14-17/h2-6,8-9,11-14H,7,10H2,1H3. The lowest BCUT2D eigenvalue weighted by atomic mass is 10.0. The van der Waals surface area contributed by atoms with E-state index >= 15 is 0 Å². The Balaban J connectivity index is 1.48. The molecule has 30 heavy (non-hydrogen) atoms. The van der Waals surface area contributed by atoms with Crippen molar-refractivity contribution >= 4 is 33.0 Å². The number of sulfone groups is 1. The molecule has 4 aromatic rings. The van der Waals surface area contributed by atoms with Crippen molar-refractivity contribution in [2.45, 2.75) is 29.6 Å². The zero-order valence-electron chi connectivity index (χ0n) is 16.1. The van der Waals surface area contributed by atoms with Gasteiger partial charge < -0.3 is 0 Å². The van der Waals surface area contributed by atoms with Gasteiger partial charge in [-0.25, -0.2) is 18.4 Å². The maximum absolute atomic E-state index is 12.9. The van der Waals surface area contributed by atoms with Crippen LogP contribution in [0.15, 0.2) is 77.0 Å². The number of hydrogen-bond donors (Lipinski definition) is 0. The molecule has 0 amide bonds. The molecule has 0 saturated carbocycles. The summed E-state index contributed by atoms with van der Waals surface area (Å²) in [5, 5.41) is 0.412. The first kappa shape index (κ1) is 20.3. The van der Waals surface area contributed by atoms with E-state index in [-0.39, 0.29) is 15.6 Å². The van der Waals surface area contributed by atoms with Gasteiger partial charge in [-0.2, -0.15) is 0 Å². The number of Topliss-reactive ketones (excluding diaryl/α,β-unsaturated/α-hetero) is 1. The van der Waals surface area contributed by atoms with E-state index in [1.165, 1.54) is 6.20 Å². The van der Waals surface area contributed by atoms with Gasteiger partial charge in [0.05, 0.1) is 15.4 Å². The zero-order valence-corrected chi connectivity index (χ0v) is 17.7. The van der Waals surface area contributed by atoms with Gasteiger partial charge in [-0.1, -0.05) is 29.8 Å². The number of aromatic nitrogens is 3. The van der Waals surface area contributed by atoms with E-state index in [0.717, 1.165) is 5.56 Å².